The maximum atomic E-state index is 13.1. The summed E-state index contributed by atoms with van der Waals surface area (Å²) in [6, 6.07) is 13.0. The van der Waals surface area contributed by atoms with Gasteiger partial charge in [0.1, 0.15) is 16.4 Å². The minimum Gasteiger partial charge on any atom is -0.497 e. The smallest absolute Gasteiger partial charge is 0.339 e. The predicted molar refractivity (Wildman–Crippen MR) is 119 cm³/mol. The molecule has 8 heteroatoms. The molecule has 32 heavy (non-hydrogen) atoms. The van der Waals surface area contributed by atoms with Gasteiger partial charge in [-0.25, -0.2) is 0 Å². The van der Waals surface area contributed by atoms with Crippen LogP contribution < -0.4 is 8.92 Å². The van der Waals surface area contributed by atoms with E-state index in [2.05, 4.69) is 0 Å². The lowest BCUT2D eigenvalue weighted by molar-refractivity contribution is -0.140. The predicted octanol–water partition coefficient (Wildman–Crippen LogP) is 3.77. The van der Waals surface area contributed by atoms with Gasteiger partial charge in [-0.1, -0.05) is 24.6 Å². The van der Waals surface area contributed by atoms with Crippen molar-refractivity contribution in [1.29, 1.82) is 0 Å². The first-order valence-electron chi connectivity index (χ1n) is 11.0. The van der Waals surface area contributed by atoms with Gasteiger partial charge in [0, 0.05) is 31.2 Å². The molecule has 0 bridgehead atoms. The molecule has 2 aromatic rings. The summed E-state index contributed by atoms with van der Waals surface area (Å²) >= 11 is 0. The van der Waals surface area contributed by atoms with Crippen molar-refractivity contribution in [3.05, 3.63) is 54.1 Å². The van der Waals surface area contributed by atoms with Gasteiger partial charge < -0.3 is 18.6 Å². The number of ether oxygens (including phenoxy) is 2. The molecule has 0 spiro atoms. The van der Waals surface area contributed by atoms with Gasteiger partial charge in [-0.2, -0.15) is 8.42 Å². The van der Waals surface area contributed by atoms with E-state index in [-0.39, 0.29) is 35.1 Å². The molecule has 1 aliphatic carbocycles. The molecule has 1 aliphatic heterocycles. The second kappa shape index (κ2) is 9.92. The van der Waals surface area contributed by atoms with E-state index in [1.165, 1.54) is 19.2 Å². The van der Waals surface area contributed by atoms with Crippen molar-refractivity contribution in [3.8, 4) is 11.5 Å². The van der Waals surface area contributed by atoms with Crippen LogP contribution in [0.3, 0.4) is 0 Å². The molecule has 2 fully saturated rings. The molecule has 0 N–H and O–H groups in total. The molecule has 4 rings (SSSR count). The average Bonchev–Trinajstić information content (AvgIpc) is 3.26. The monoisotopic (exact) mass is 459 g/mol. The highest BCUT2D eigenvalue weighted by atomic mass is 32.2. The van der Waals surface area contributed by atoms with E-state index < -0.39 is 10.1 Å². The highest BCUT2D eigenvalue weighted by molar-refractivity contribution is 7.87. The van der Waals surface area contributed by atoms with E-state index >= 15 is 0 Å². The Morgan fingerprint density at radius 2 is 1.81 bits per heavy atom. The normalized spacial score (nSPS) is 18.7. The molecule has 2 aromatic carbocycles. The van der Waals surface area contributed by atoms with Crippen LogP contribution in [-0.2, 0) is 26.2 Å². The Balaban J connectivity index is 1.54. The molecule has 7 nitrogen and oxygen atoms in total. The fourth-order valence-electron chi connectivity index (χ4n) is 4.01. The third kappa shape index (κ3) is 5.24. The van der Waals surface area contributed by atoms with Crippen LogP contribution in [0.15, 0.2) is 53.4 Å². The van der Waals surface area contributed by atoms with Crippen LogP contribution in [0.1, 0.15) is 37.7 Å². The van der Waals surface area contributed by atoms with Crippen molar-refractivity contribution >= 4 is 16.0 Å². The third-order valence-electron chi connectivity index (χ3n) is 6.10. The van der Waals surface area contributed by atoms with Crippen LogP contribution in [0, 0.1) is 5.92 Å². The van der Waals surface area contributed by atoms with Crippen LogP contribution in [-0.4, -0.2) is 45.6 Å². The molecular weight excluding hydrogens is 430 g/mol. The largest absolute Gasteiger partial charge is 0.497 e. The summed E-state index contributed by atoms with van der Waals surface area (Å²) < 4.78 is 42.1. The average molecular weight is 460 g/mol. The highest BCUT2D eigenvalue weighted by Crippen LogP contribution is 2.31. The topological polar surface area (TPSA) is 82.1 Å². The van der Waals surface area contributed by atoms with Crippen LogP contribution in [0.2, 0.25) is 0 Å². The summed E-state index contributed by atoms with van der Waals surface area (Å²) in [5.74, 6) is 0.942. The lowest BCUT2D eigenvalue weighted by atomic mass is 9.84. The molecule has 0 radical (unpaired) electrons. The summed E-state index contributed by atoms with van der Waals surface area (Å²) in [6.45, 7) is 1.51. The number of nitrogens with zero attached hydrogens (tertiary/aromatic N) is 1. The Morgan fingerprint density at radius 3 is 2.44 bits per heavy atom. The van der Waals surface area contributed by atoms with Crippen LogP contribution in [0.4, 0.5) is 0 Å². The summed E-state index contributed by atoms with van der Waals surface area (Å²) in [6.07, 6.45) is 4.84. The van der Waals surface area contributed by atoms with Crippen LogP contribution >= 0.6 is 0 Å². The molecule has 1 unspecified atom stereocenters. The quantitative estimate of drug-likeness (QED) is 0.531. The maximum absolute atomic E-state index is 13.1. The minimum absolute atomic E-state index is 0.0233. The molecular formula is C24H29NO6S. The summed E-state index contributed by atoms with van der Waals surface area (Å²) in [7, 11) is -2.52. The SMILES string of the molecule is COc1ccc(S(=O)(=O)Oc2ccccc2CN(CC2CCCO2)C(=O)C2CCC2)cc1. The first-order chi connectivity index (χ1) is 15.5. The Morgan fingerprint density at radius 1 is 1.06 bits per heavy atom. The standard InChI is InChI=1S/C24H29NO6S/c1-29-20-11-13-22(14-12-20)32(27,28)31-23-10-3-2-6-19(23)16-25(17-21-9-5-15-30-21)24(26)18-7-4-8-18/h2-3,6,10-14,18,21H,4-5,7-9,15-17H2,1H3. The van der Waals surface area contributed by atoms with Gasteiger partial charge in [-0.3, -0.25) is 4.79 Å². The molecule has 2 aliphatic rings. The van der Waals surface area contributed by atoms with Crippen LogP contribution in [0.5, 0.6) is 11.5 Å². The zero-order valence-corrected chi connectivity index (χ0v) is 19.1. The van der Waals surface area contributed by atoms with Crippen molar-refractivity contribution < 1.29 is 26.9 Å². The number of para-hydroxylation sites is 1. The van der Waals surface area contributed by atoms with Gasteiger partial charge in [0.05, 0.1) is 13.2 Å². The lowest BCUT2D eigenvalue weighted by Gasteiger charge is -2.33. The lowest BCUT2D eigenvalue weighted by Crippen LogP contribution is -2.42. The van der Waals surface area contributed by atoms with Crippen molar-refractivity contribution in [3.63, 3.8) is 0 Å². The van der Waals surface area contributed by atoms with Crippen molar-refractivity contribution in [2.24, 2.45) is 5.92 Å². The maximum Gasteiger partial charge on any atom is 0.339 e. The molecule has 1 atom stereocenters. The fourth-order valence-corrected chi connectivity index (χ4v) is 4.97. The third-order valence-corrected chi connectivity index (χ3v) is 7.34. The zero-order chi connectivity index (χ0) is 22.6. The van der Waals surface area contributed by atoms with Crippen LogP contribution in [0.25, 0.3) is 0 Å². The minimum atomic E-state index is -4.03. The number of methoxy groups -OCH3 is 1. The molecule has 1 saturated heterocycles. The summed E-state index contributed by atoms with van der Waals surface area (Å²) in [5, 5.41) is 0. The summed E-state index contributed by atoms with van der Waals surface area (Å²) in [4.78, 5) is 14.9. The first kappa shape index (κ1) is 22.6. The molecule has 1 saturated carbocycles. The van der Waals surface area contributed by atoms with E-state index in [1.54, 1.807) is 30.3 Å². The first-order valence-corrected chi connectivity index (χ1v) is 12.4. The second-order valence-electron chi connectivity index (χ2n) is 8.30. The molecule has 1 heterocycles. The van der Waals surface area contributed by atoms with Gasteiger partial charge in [0.2, 0.25) is 5.91 Å². The Hall–Kier alpha value is -2.58. The number of rotatable bonds is 9. The van der Waals surface area contributed by atoms with E-state index in [0.717, 1.165) is 38.7 Å². The van der Waals surface area contributed by atoms with Gasteiger partial charge >= 0.3 is 10.1 Å². The van der Waals surface area contributed by atoms with Gasteiger partial charge in [0.15, 0.2) is 0 Å². The van der Waals surface area contributed by atoms with E-state index in [4.69, 9.17) is 13.7 Å². The number of carbonyl (C=O) groups is 1. The Labute approximate surface area is 189 Å². The Bertz CT molecular complexity index is 1030. The fraction of sp³-hybridized carbons (Fsp3) is 0.458. The van der Waals surface area contributed by atoms with Crippen molar-refractivity contribution in [1.82, 2.24) is 4.90 Å². The molecule has 1 amide bonds. The van der Waals surface area contributed by atoms with E-state index in [1.807, 2.05) is 11.0 Å². The highest BCUT2D eigenvalue weighted by Gasteiger charge is 2.32. The summed E-state index contributed by atoms with van der Waals surface area (Å²) in [5.41, 5.74) is 0.648. The van der Waals surface area contributed by atoms with E-state index in [0.29, 0.717) is 17.9 Å². The number of amides is 1. The van der Waals surface area contributed by atoms with Crippen molar-refractivity contribution in [2.45, 2.75) is 49.6 Å². The number of hydrogen-bond acceptors (Lipinski definition) is 6. The van der Waals surface area contributed by atoms with Crippen molar-refractivity contribution in [2.75, 3.05) is 20.3 Å². The van der Waals surface area contributed by atoms with Gasteiger partial charge in [-0.05, 0) is 56.0 Å². The second-order valence-corrected chi connectivity index (χ2v) is 9.85. The Kier molecular flexibility index (Phi) is 7.01. The van der Waals surface area contributed by atoms with Gasteiger partial charge in [-0.15, -0.1) is 0 Å². The number of carbonyl (C=O) groups excluding carboxylic acids is 1. The molecule has 172 valence electrons. The zero-order valence-electron chi connectivity index (χ0n) is 18.2. The number of benzene rings is 2. The van der Waals surface area contributed by atoms with E-state index in [9.17, 15) is 13.2 Å². The molecule has 0 aromatic heterocycles. The van der Waals surface area contributed by atoms with Gasteiger partial charge in [0.25, 0.3) is 0 Å². The number of hydrogen-bond donors (Lipinski definition) is 0.